The Morgan fingerprint density at radius 1 is 0.815 bits per heavy atom. The van der Waals surface area contributed by atoms with Crippen molar-refractivity contribution in [2.75, 3.05) is 45.9 Å². The number of benzene rings is 3. The number of thioether (sulfide) groups is 1. The second-order valence-corrected chi connectivity index (χ2v) is 14.7. The van der Waals surface area contributed by atoms with Gasteiger partial charge in [0.05, 0.1) is 33.1 Å². The summed E-state index contributed by atoms with van der Waals surface area (Å²) in [5.74, 6) is -2.05. The first-order valence-electron chi connectivity index (χ1n) is 16.8. The van der Waals surface area contributed by atoms with Crippen molar-refractivity contribution in [1.29, 1.82) is 0 Å². The van der Waals surface area contributed by atoms with Crippen molar-refractivity contribution < 1.29 is 51.2 Å². The smallest absolute Gasteiger partial charge is 0.419 e. The first-order valence-corrected chi connectivity index (χ1v) is 17.8. The van der Waals surface area contributed by atoms with Crippen LogP contribution < -0.4 is 24.4 Å². The lowest BCUT2D eigenvalue weighted by molar-refractivity contribution is -0.117. The molecule has 0 saturated heterocycles. The number of hydrogen-bond donors (Lipinski definition) is 1. The summed E-state index contributed by atoms with van der Waals surface area (Å²) in [6.45, 7) is 9.47. The topological polar surface area (TPSA) is 128 Å². The van der Waals surface area contributed by atoms with E-state index in [1.54, 1.807) is 66.8 Å². The van der Waals surface area contributed by atoms with Gasteiger partial charge >= 0.3 is 12.2 Å². The summed E-state index contributed by atoms with van der Waals surface area (Å²) >= 11 is 0.930. The van der Waals surface area contributed by atoms with Crippen LogP contribution in [0.1, 0.15) is 53.5 Å². The van der Waals surface area contributed by atoms with Gasteiger partial charge in [-0.25, -0.2) is 32.7 Å². The highest BCUT2D eigenvalue weighted by Crippen LogP contribution is 2.31. The number of carbonyl (C=O) groups excluding carboxylic acids is 3. The van der Waals surface area contributed by atoms with Crippen molar-refractivity contribution in [3.8, 4) is 17.2 Å². The molecule has 0 spiro atoms. The van der Waals surface area contributed by atoms with Crippen LogP contribution in [0.5, 0.6) is 17.2 Å². The number of methoxy groups -OCH3 is 2. The maximum atomic E-state index is 15.3. The fourth-order valence-corrected chi connectivity index (χ4v) is 5.35. The standard InChI is InChI=1S/C38H47F3N4O8S/c1-37(2,3)52-35(47)45(36(48)53-38(4,5)6)17-10-18-51-27-20-29(40)28(30(41)21-27)23-54-34(43-25-13-11-24(39)12-14-25)42-22-33(46)44(7)26-15-16-31(49-8)32(19-26)50-9/h11-16,19-21H,10,17-18,22-23H2,1-9H3,(H,42,43). The van der Waals surface area contributed by atoms with Gasteiger partial charge in [0.1, 0.15) is 34.4 Å². The van der Waals surface area contributed by atoms with Crippen LogP contribution in [0.25, 0.3) is 0 Å². The summed E-state index contributed by atoms with van der Waals surface area (Å²) in [7, 11) is 4.55. The van der Waals surface area contributed by atoms with E-state index in [0.717, 1.165) is 28.8 Å². The van der Waals surface area contributed by atoms with Crippen LogP contribution in [0, 0.1) is 17.5 Å². The highest BCUT2D eigenvalue weighted by Gasteiger charge is 2.31. The number of amides is 3. The number of amidine groups is 1. The van der Waals surface area contributed by atoms with Gasteiger partial charge in [-0.05, 0) is 84.4 Å². The largest absolute Gasteiger partial charge is 0.493 e. The molecule has 3 aromatic rings. The summed E-state index contributed by atoms with van der Waals surface area (Å²) in [4.78, 5) is 45.2. The molecule has 0 aliphatic carbocycles. The first kappa shape index (κ1) is 43.3. The number of imide groups is 1. The van der Waals surface area contributed by atoms with Crippen molar-refractivity contribution >= 4 is 46.4 Å². The summed E-state index contributed by atoms with van der Waals surface area (Å²) in [6, 6.07) is 12.3. The molecule has 3 rings (SSSR count). The SMILES string of the molecule is COc1ccc(N(C)C(=O)CN/C(=N/c2ccc(F)cc2)SCc2c(F)cc(OCCCN(C(=O)OC(C)(C)C)C(=O)OC(C)(C)C)cc2F)cc1OC. The fraction of sp³-hybridized carbons (Fsp3) is 0.421. The van der Waals surface area contributed by atoms with Gasteiger partial charge in [-0.2, -0.15) is 0 Å². The predicted octanol–water partition coefficient (Wildman–Crippen LogP) is 8.24. The summed E-state index contributed by atoms with van der Waals surface area (Å²) < 4.78 is 70.9. The van der Waals surface area contributed by atoms with Crippen molar-refractivity contribution in [3.05, 3.63) is 77.6 Å². The molecule has 12 nitrogen and oxygen atoms in total. The Hall–Kier alpha value is -5.12. The molecular formula is C38H47F3N4O8S. The molecule has 0 aromatic heterocycles. The molecule has 0 aliphatic heterocycles. The zero-order valence-electron chi connectivity index (χ0n) is 31.9. The van der Waals surface area contributed by atoms with E-state index in [9.17, 15) is 18.8 Å². The minimum atomic E-state index is -0.901. The summed E-state index contributed by atoms with van der Waals surface area (Å²) in [5, 5.41) is 3.07. The minimum Gasteiger partial charge on any atom is -0.493 e. The average Bonchev–Trinajstić information content (AvgIpc) is 3.08. The number of carbonyl (C=O) groups is 3. The van der Waals surface area contributed by atoms with E-state index in [2.05, 4.69) is 10.3 Å². The van der Waals surface area contributed by atoms with Gasteiger partial charge in [-0.15, -0.1) is 0 Å². The lowest BCUT2D eigenvalue weighted by atomic mass is 10.2. The predicted molar refractivity (Wildman–Crippen MR) is 201 cm³/mol. The van der Waals surface area contributed by atoms with Gasteiger partial charge in [-0.1, -0.05) is 11.8 Å². The van der Waals surface area contributed by atoms with E-state index < -0.39 is 40.8 Å². The third-order valence-corrected chi connectivity index (χ3v) is 8.01. The molecule has 0 bridgehead atoms. The molecule has 0 radical (unpaired) electrons. The van der Waals surface area contributed by atoms with Crippen LogP contribution in [0.15, 0.2) is 59.6 Å². The number of rotatable bonds is 13. The minimum absolute atomic E-state index is 0.0980. The molecule has 0 fully saturated rings. The van der Waals surface area contributed by atoms with Gasteiger partial charge in [0, 0.05) is 48.8 Å². The summed E-state index contributed by atoms with van der Waals surface area (Å²) in [6.07, 6.45) is -1.70. The Kier molecular flexibility index (Phi) is 15.5. The van der Waals surface area contributed by atoms with Crippen molar-refractivity contribution in [2.45, 2.75) is 64.9 Å². The Labute approximate surface area is 317 Å². The Balaban J connectivity index is 1.68. The molecule has 0 aliphatic rings. The molecule has 294 valence electrons. The molecule has 3 amide bonds. The number of likely N-dealkylation sites (N-methyl/N-ethyl adjacent to an activating group) is 1. The van der Waals surface area contributed by atoms with Crippen molar-refractivity contribution in [1.82, 2.24) is 10.2 Å². The lowest BCUT2D eigenvalue weighted by Gasteiger charge is -2.28. The number of halogens is 3. The average molecular weight is 777 g/mol. The fourth-order valence-electron chi connectivity index (χ4n) is 4.45. The zero-order chi connectivity index (χ0) is 40.2. The van der Waals surface area contributed by atoms with Crippen LogP contribution in [-0.2, 0) is 20.0 Å². The van der Waals surface area contributed by atoms with Crippen LogP contribution in [0.3, 0.4) is 0 Å². The van der Waals surface area contributed by atoms with Crippen LogP contribution in [-0.4, -0.2) is 80.3 Å². The maximum Gasteiger partial charge on any atom is 0.419 e. The summed E-state index contributed by atoms with van der Waals surface area (Å²) in [5.41, 5.74) is -1.15. The second-order valence-electron chi connectivity index (χ2n) is 13.7. The number of aliphatic imine (C=N–C) groups is 1. The molecule has 0 unspecified atom stereocenters. The maximum absolute atomic E-state index is 15.3. The number of anilines is 1. The lowest BCUT2D eigenvalue weighted by Crippen LogP contribution is -2.44. The van der Waals surface area contributed by atoms with Gasteiger partial charge in [-0.3, -0.25) is 4.79 Å². The normalized spacial score (nSPS) is 11.7. The second kappa shape index (κ2) is 19.3. The van der Waals surface area contributed by atoms with E-state index in [1.165, 1.54) is 43.4 Å². The van der Waals surface area contributed by atoms with Crippen LogP contribution in [0.2, 0.25) is 0 Å². The van der Waals surface area contributed by atoms with Crippen molar-refractivity contribution in [3.63, 3.8) is 0 Å². The van der Waals surface area contributed by atoms with Gasteiger partial charge in [0.25, 0.3) is 0 Å². The van der Waals surface area contributed by atoms with E-state index in [0.29, 0.717) is 22.9 Å². The van der Waals surface area contributed by atoms with E-state index in [-0.39, 0.29) is 54.3 Å². The third-order valence-electron chi connectivity index (χ3n) is 7.07. The zero-order valence-corrected chi connectivity index (χ0v) is 32.7. The number of nitrogens with zero attached hydrogens (tertiary/aromatic N) is 3. The van der Waals surface area contributed by atoms with Gasteiger partial charge in [0.15, 0.2) is 16.7 Å². The van der Waals surface area contributed by atoms with E-state index in [1.807, 2.05) is 0 Å². The highest BCUT2D eigenvalue weighted by atomic mass is 32.2. The Bertz CT molecular complexity index is 1750. The molecular weight excluding hydrogens is 729 g/mol. The number of hydrogen-bond acceptors (Lipinski definition) is 10. The number of ether oxygens (including phenoxy) is 5. The first-order chi connectivity index (χ1) is 25.3. The molecule has 0 heterocycles. The highest BCUT2D eigenvalue weighted by molar-refractivity contribution is 8.13. The molecule has 3 aromatic carbocycles. The van der Waals surface area contributed by atoms with Crippen LogP contribution >= 0.6 is 11.8 Å². The van der Waals surface area contributed by atoms with Gasteiger partial charge in [0.2, 0.25) is 5.91 Å². The molecule has 0 atom stereocenters. The third kappa shape index (κ3) is 13.7. The Morgan fingerprint density at radius 2 is 1.39 bits per heavy atom. The molecule has 1 N–H and O–H groups in total. The van der Waals surface area contributed by atoms with Gasteiger partial charge < -0.3 is 33.9 Å². The molecule has 0 saturated carbocycles. The number of nitrogens with one attached hydrogen (secondary N) is 1. The molecule has 16 heteroatoms. The quantitative estimate of drug-likeness (QED) is 0.103. The Morgan fingerprint density at radius 3 is 1.93 bits per heavy atom. The van der Waals surface area contributed by atoms with E-state index >= 15 is 8.78 Å². The van der Waals surface area contributed by atoms with E-state index in [4.69, 9.17) is 23.7 Å². The van der Waals surface area contributed by atoms with Crippen LogP contribution in [0.4, 0.5) is 34.1 Å². The monoisotopic (exact) mass is 776 g/mol. The molecule has 54 heavy (non-hydrogen) atoms. The van der Waals surface area contributed by atoms with Crippen molar-refractivity contribution in [2.24, 2.45) is 4.99 Å².